The van der Waals surface area contributed by atoms with Crippen LogP contribution in [0.1, 0.15) is 94.7 Å². The van der Waals surface area contributed by atoms with E-state index >= 15 is 0 Å². The van der Waals surface area contributed by atoms with E-state index < -0.39 is 5.41 Å². The standard InChI is InChI=1S/C37H50O4/c1-5-29(2)26-32(31-16-10-8-11-17-31)28-37(27-30(3)36(39)40-4,33-18-12-9-13-19-33)34-20-22-35(23-21-34)41-25-15-7-6-14-24-38/h8-13,16-23,29-30,32,38H,5-7,14-15,24-28H2,1-4H3. The molecule has 0 aliphatic carbocycles. The van der Waals surface area contributed by atoms with Gasteiger partial charge in [0.25, 0.3) is 0 Å². The first kappa shape index (κ1) is 32.4. The number of aliphatic hydroxyl groups is 1. The molecule has 0 spiro atoms. The molecule has 0 heterocycles. The van der Waals surface area contributed by atoms with Gasteiger partial charge in [-0.05, 0) is 79.2 Å². The highest BCUT2D eigenvalue weighted by Crippen LogP contribution is 2.47. The van der Waals surface area contributed by atoms with Gasteiger partial charge in [0.05, 0.1) is 19.6 Å². The minimum absolute atomic E-state index is 0.176. The van der Waals surface area contributed by atoms with Gasteiger partial charge >= 0.3 is 5.97 Å². The smallest absolute Gasteiger partial charge is 0.308 e. The predicted octanol–water partition coefficient (Wildman–Crippen LogP) is 8.71. The summed E-state index contributed by atoms with van der Waals surface area (Å²) in [6.45, 7) is 7.51. The Morgan fingerprint density at radius 3 is 2.02 bits per heavy atom. The summed E-state index contributed by atoms with van der Waals surface area (Å²) in [5.41, 5.74) is 3.37. The van der Waals surface area contributed by atoms with Gasteiger partial charge in [0, 0.05) is 12.0 Å². The quantitative estimate of drug-likeness (QED) is 0.125. The number of carbonyl (C=O) groups is 1. The monoisotopic (exact) mass is 558 g/mol. The van der Waals surface area contributed by atoms with Gasteiger partial charge in [0.15, 0.2) is 0 Å². The van der Waals surface area contributed by atoms with Gasteiger partial charge in [-0.25, -0.2) is 0 Å². The fourth-order valence-corrected chi connectivity index (χ4v) is 6.05. The molecule has 0 saturated carbocycles. The number of ether oxygens (including phenoxy) is 2. The van der Waals surface area contributed by atoms with Crippen molar-refractivity contribution < 1.29 is 19.4 Å². The summed E-state index contributed by atoms with van der Waals surface area (Å²) in [5, 5.41) is 8.99. The van der Waals surface area contributed by atoms with E-state index in [1.54, 1.807) is 0 Å². The minimum Gasteiger partial charge on any atom is -0.494 e. The molecule has 4 heteroatoms. The number of rotatable bonds is 18. The largest absolute Gasteiger partial charge is 0.494 e. The predicted molar refractivity (Wildman–Crippen MR) is 168 cm³/mol. The van der Waals surface area contributed by atoms with E-state index in [0.29, 0.717) is 24.9 Å². The third-order valence-corrected chi connectivity index (χ3v) is 8.56. The average Bonchev–Trinajstić information content (AvgIpc) is 3.02. The Bertz CT molecular complexity index is 1130. The van der Waals surface area contributed by atoms with Crippen LogP contribution in [0.4, 0.5) is 0 Å². The zero-order valence-corrected chi connectivity index (χ0v) is 25.6. The lowest BCUT2D eigenvalue weighted by molar-refractivity contribution is -0.145. The van der Waals surface area contributed by atoms with Gasteiger partial charge in [-0.2, -0.15) is 0 Å². The number of carbonyl (C=O) groups excluding carboxylic acids is 1. The molecule has 4 atom stereocenters. The average molecular weight is 559 g/mol. The van der Waals surface area contributed by atoms with Crippen molar-refractivity contribution in [2.45, 2.75) is 83.5 Å². The Labute approximate surface area is 248 Å². The lowest BCUT2D eigenvalue weighted by Gasteiger charge is -2.40. The van der Waals surface area contributed by atoms with E-state index in [-0.39, 0.29) is 18.5 Å². The Balaban J connectivity index is 2.03. The molecule has 4 unspecified atom stereocenters. The van der Waals surface area contributed by atoms with Crippen molar-refractivity contribution in [3.8, 4) is 5.75 Å². The van der Waals surface area contributed by atoms with Gasteiger partial charge in [-0.15, -0.1) is 0 Å². The number of benzene rings is 3. The van der Waals surface area contributed by atoms with Crippen molar-refractivity contribution in [3.63, 3.8) is 0 Å². The summed E-state index contributed by atoms with van der Waals surface area (Å²) in [5.74, 6) is 1.32. The van der Waals surface area contributed by atoms with Crippen LogP contribution in [0.5, 0.6) is 5.75 Å². The molecular formula is C37H50O4. The van der Waals surface area contributed by atoms with Crippen LogP contribution in [0.2, 0.25) is 0 Å². The highest BCUT2D eigenvalue weighted by atomic mass is 16.5. The number of hydrogen-bond acceptors (Lipinski definition) is 4. The molecule has 0 radical (unpaired) electrons. The van der Waals surface area contributed by atoms with Crippen LogP contribution in [-0.2, 0) is 14.9 Å². The van der Waals surface area contributed by atoms with E-state index in [4.69, 9.17) is 14.6 Å². The van der Waals surface area contributed by atoms with Crippen LogP contribution in [0.15, 0.2) is 84.9 Å². The molecule has 0 saturated heterocycles. The number of hydrogen-bond donors (Lipinski definition) is 1. The first-order chi connectivity index (χ1) is 19.9. The van der Waals surface area contributed by atoms with Gasteiger partial charge in [0.2, 0.25) is 0 Å². The van der Waals surface area contributed by atoms with Crippen molar-refractivity contribution in [2.24, 2.45) is 11.8 Å². The highest BCUT2D eigenvalue weighted by Gasteiger charge is 2.40. The Kier molecular flexibility index (Phi) is 13.4. The maximum atomic E-state index is 12.8. The molecule has 0 amide bonds. The summed E-state index contributed by atoms with van der Waals surface area (Å²) in [4.78, 5) is 12.8. The summed E-state index contributed by atoms with van der Waals surface area (Å²) in [7, 11) is 1.48. The lowest BCUT2D eigenvalue weighted by atomic mass is 9.63. The lowest BCUT2D eigenvalue weighted by Crippen LogP contribution is -2.35. The first-order valence-corrected chi connectivity index (χ1v) is 15.5. The van der Waals surface area contributed by atoms with E-state index in [0.717, 1.165) is 50.7 Å². The van der Waals surface area contributed by atoms with Crippen LogP contribution >= 0.6 is 0 Å². The van der Waals surface area contributed by atoms with Crippen LogP contribution in [0, 0.1) is 11.8 Å². The van der Waals surface area contributed by atoms with Crippen LogP contribution in [0.3, 0.4) is 0 Å². The van der Waals surface area contributed by atoms with Gasteiger partial charge in [-0.1, -0.05) is 106 Å². The molecule has 0 fully saturated rings. The molecule has 3 aromatic carbocycles. The maximum Gasteiger partial charge on any atom is 0.308 e. The Hall–Kier alpha value is -3.11. The molecular weight excluding hydrogens is 508 g/mol. The zero-order chi connectivity index (χ0) is 29.5. The number of unbranched alkanes of at least 4 members (excludes halogenated alkanes) is 3. The topological polar surface area (TPSA) is 55.8 Å². The molecule has 0 aliphatic heterocycles. The van der Waals surface area contributed by atoms with E-state index in [9.17, 15) is 4.79 Å². The second kappa shape index (κ2) is 17.0. The first-order valence-electron chi connectivity index (χ1n) is 15.5. The number of aliphatic hydroxyl groups excluding tert-OH is 1. The second-order valence-corrected chi connectivity index (χ2v) is 11.6. The molecule has 0 bridgehead atoms. The Morgan fingerprint density at radius 2 is 1.41 bits per heavy atom. The molecule has 0 aromatic heterocycles. The van der Waals surface area contributed by atoms with Gasteiger partial charge in [0.1, 0.15) is 5.75 Å². The fraction of sp³-hybridized carbons (Fsp3) is 0.486. The SMILES string of the molecule is CCC(C)CC(CC(CC(C)C(=O)OC)(c1ccccc1)c1ccc(OCCCCCCO)cc1)c1ccccc1. The van der Waals surface area contributed by atoms with Gasteiger partial charge < -0.3 is 14.6 Å². The van der Waals surface area contributed by atoms with Crippen LogP contribution in [-0.4, -0.2) is 31.4 Å². The normalized spacial score (nSPS) is 15.0. The molecule has 3 rings (SSSR count). The van der Waals surface area contributed by atoms with E-state index in [1.807, 2.05) is 6.92 Å². The van der Waals surface area contributed by atoms with Crippen molar-refractivity contribution in [1.82, 2.24) is 0 Å². The highest BCUT2D eigenvalue weighted by molar-refractivity contribution is 5.72. The third-order valence-electron chi connectivity index (χ3n) is 8.56. The summed E-state index contributed by atoms with van der Waals surface area (Å²) < 4.78 is 11.3. The van der Waals surface area contributed by atoms with Crippen molar-refractivity contribution in [2.75, 3.05) is 20.3 Å². The summed E-state index contributed by atoms with van der Waals surface area (Å²) in [6.07, 6.45) is 7.65. The van der Waals surface area contributed by atoms with Crippen LogP contribution < -0.4 is 4.74 Å². The van der Waals surface area contributed by atoms with Crippen molar-refractivity contribution >= 4 is 5.97 Å². The molecule has 4 nitrogen and oxygen atoms in total. The third kappa shape index (κ3) is 9.46. The van der Waals surface area contributed by atoms with E-state index in [2.05, 4.69) is 98.8 Å². The zero-order valence-electron chi connectivity index (χ0n) is 25.6. The molecule has 41 heavy (non-hydrogen) atoms. The van der Waals surface area contributed by atoms with Crippen molar-refractivity contribution in [3.05, 3.63) is 102 Å². The minimum atomic E-state index is -0.397. The molecule has 222 valence electrons. The Morgan fingerprint density at radius 1 is 0.805 bits per heavy atom. The summed E-state index contributed by atoms with van der Waals surface area (Å²) >= 11 is 0. The van der Waals surface area contributed by atoms with Gasteiger partial charge in [-0.3, -0.25) is 4.79 Å². The molecule has 3 aromatic rings. The summed E-state index contributed by atoms with van der Waals surface area (Å²) in [6, 6.07) is 30.1. The molecule has 0 aliphatic rings. The van der Waals surface area contributed by atoms with Crippen molar-refractivity contribution in [1.29, 1.82) is 0 Å². The number of methoxy groups -OCH3 is 1. The second-order valence-electron chi connectivity index (χ2n) is 11.6. The molecule has 1 N–H and O–H groups in total. The van der Waals surface area contributed by atoms with Crippen LogP contribution in [0.25, 0.3) is 0 Å². The van der Waals surface area contributed by atoms with E-state index in [1.165, 1.54) is 23.8 Å². The fourth-order valence-electron chi connectivity index (χ4n) is 6.05. The number of esters is 1. The maximum absolute atomic E-state index is 12.8.